The van der Waals surface area contributed by atoms with Crippen LogP contribution in [0, 0.1) is 0 Å². The summed E-state index contributed by atoms with van der Waals surface area (Å²) in [4.78, 5) is 4.35. The second kappa shape index (κ2) is 4.97. The third-order valence-corrected chi connectivity index (χ3v) is 4.10. The van der Waals surface area contributed by atoms with Gasteiger partial charge in [-0.1, -0.05) is 34.1 Å². The van der Waals surface area contributed by atoms with Crippen LogP contribution in [0.5, 0.6) is 0 Å². The third kappa shape index (κ3) is 2.32. The zero-order valence-electron chi connectivity index (χ0n) is 11.2. The van der Waals surface area contributed by atoms with E-state index in [0.717, 1.165) is 32.8 Å². The highest BCUT2D eigenvalue weighted by Crippen LogP contribution is 2.21. The Kier molecular flexibility index (Phi) is 2.97. The van der Waals surface area contributed by atoms with E-state index in [2.05, 4.69) is 62.4 Å². The van der Waals surface area contributed by atoms with E-state index in [9.17, 15) is 0 Å². The lowest BCUT2D eigenvalue weighted by Crippen LogP contribution is -2.01. The monoisotopic (exact) mass is 337 g/mol. The average molecular weight is 338 g/mol. The quantitative estimate of drug-likeness (QED) is 0.543. The molecule has 2 heterocycles. The summed E-state index contributed by atoms with van der Waals surface area (Å²) in [5.74, 6) is 0. The van der Waals surface area contributed by atoms with Gasteiger partial charge in [-0.15, -0.1) is 0 Å². The number of hydrogen-bond donors (Lipinski definition) is 0. The molecule has 0 spiro atoms. The van der Waals surface area contributed by atoms with Crippen LogP contribution < -0.4 is 0 Å². The van der Waals surface area contributed by atoms with Crippen molar-refractivity contribution in [3.8, 4) is 0 Å². The van der Waals surface area contributed by atoms with Crippen LogP contribution in [0.4, 0.5) is 0 Å². The van der Waals surface area contributed by atoms with E-state index in [0.29, 0.717) is 0 Å². The summed E-state index contributed by atoms with van der Waals surface area (Å²) < 4.78 is 3.09. The maximum Gasteiger partial charge on any atom is 0.0702 e. The number of pyridine rings is 1. The molecular weight excluding hydrogens is 326 g/mol. The molecule has 4 aromatic rings. The Balaban J connectivity index is 1.77. The molecule has 0 N–H and O–H groups in total. The molecule has 0 fully saturated rings. The molecule has 2 aromatic carbocycles. The first-order valence-electron chi connectivity index (χ1n) is 6.74. The molecule has 3 nitrogen and oxygen atoms in total. The van der Waals surface area contributed by atoms with Gasteiger partial charge in [0.15, 0.2) is 0 Å². The molecule has 0 saturated carbocycles. The normalized spacial score (nSPS) is 11.3. The lowest BCUT2D eigenvalue weighted by molar-refractivity contribution is 0.712. The van der Waals surface area contributed by atoms with Crippen molar-refractivity contribution >= 4 is 37.7 Å². The van der Waals surface area contributed by atoms with Crippen molar-refractivity contribution in [1.82, 2.24) is 14.8 Å². The summed E-state index contributed by atoms with van der Waals surface area (Å²) in [5, 5.41) is 6.81. The number of fused-ring (bicyclic) bond motifs is 2. The Labute approximate surface area is 130 Å². The van der Waals surface area contributed by atoms with Crippen molar-refractivity contribution in [2.45, 2.75) is 6.54 Å². The molecule has 2 aromatic heterocycles. The van der Waals surface area contributed by atoms with Gasteiger partial charge in [0, 0.05) is 21.4 Å². The third-order valence-electron chi connectivity index (χ3n) is 3.61. The largest absolute Gasteiger partial charge is 0.260 e. The van der Waals surface area contributed by atoms with E-state index in [-0.39, 0.29) is 0 Å². The summed E-state index contributed by atoms with van der Waals surface area (Å²) in [5.41, 5.74) is 3.38. The first kappa shape index (κ1) is 12.5. The van der Waals surface area contributed by atoms with Crippen LogP contribution in [-0.4, -0.2) is 14.8 Å². The van der Waals surface area contributed by atoms with Crippen LogP contribution >= 0.6 is 15.9 Å². The maximum atomic E-state index is 4.49. The maximum absolute atomic E-state index is 4.49. The average Bonchev–Trinajstić information content (AvgIpc) is 2.89. The SMILES string of the molecule is Brc1ccc2cnn(Cc3ccc4ncccc4c3)c2c1. The fraction of sp³-hybridized carbons (Fsp3) is 0.0588. The summed E-state index contributed by atoms with van der Waals surface area (Å²) >= 11 is 3.52. The summed E-state index contributed by atoms with van der Waals surface area (Å²) in [6.45, 7) is 0.755. The molecule has 0 saturated heterocycles. The van der Waals surface area contributed by atoms with Gasteiger partial charge in [-0.2, -0.15) is 5.10 Å². The number of aromatic nitrogens is 3. The molecule has 4 heteroatoms. The molecule has 4 rings (SSSR count). The van der Waals surface area contributed by atoms with E-state index < -0.39 is 0 Å². The van der Waals surface area contributed by atoms with Gasteiger partial charge in [-0.05, 0) is 35.9 Å². The molecule has 0 aliphatic carbocycles. The lowest BCUT2D eigenvalue weighted by Gasteiger charge is -2.06. The molecule has 102 valence electrons. The van der Waals surface area contributed by atoms with E-state index in [1.54, 1.807) is 0 Å². The Morgan fingerprint density at radius 1 is 1.00 bits per heavy atom. The second-order valence-corrected chi connectivity index (χ2v) is 5.95. The van der Waals surface area contributed by atoms with Crippen LogP contribution in [0.25, 0.3) is 21.8 Å². The van der Waals surface area contributed by atoms with Crippen LogP contribution in [0.3, 0.4) is 0 Å². The molecule has 0 radical (unpaired) electrons. The first-order chi connectivity index (χ1) is 10.3. The van der Waals surface area contributed by atoms with E-state index in [4.69, 9.17) is 0 Å². The number of nitrogens with zero attached hydrogens (tertiary/aromatic N) is 3. The molecule has 0 atom stereocenters. The highest BCUT2D eigenvalue weighted by molar-refractivity contribution is 9.10. The Hall–Kier alpha value is -2.20. The topological polar surface area (TPSA) is 30.7 Å². The fourth-order valence-electron chi connectivity index (χ4n) is 2.57. The van der Waals surface area contributed by atoms with Gasteiger partial charge < -0.3 is 0 Å². The van der Waals surface area contributed by atoms with Gasteiger partial charge in [0.25, 0.3) is 0 Å². The summed E-state index contributed by atoms with van der Waals surface area (Å²) in [7, 11) is 0. The van der Waals surface area contributed by atoms with Gasteiger partial charge in [0.2, 0.25) is 0 Å². The second-order valence-electron chi connectivity index (χ2n) is 5.04. The van der Waals surface area contributed by atoms with Crippen molar-refractivity contribution in [3.05, 3.63) is 71.0 Å². The number of hydrogen-bond acceptors (Lipinski definition) is 2. The van der Waals surface area contributed by atoms with Crippen LogP contribution in [0.2, 0.25) is 0 Å². The van der Waals surface area contributed by atoms with Crippen molar-refractivity contribution in [2.75, 3.05) is 0 Å². The molecule has 0 bridgehead atoms. The van der Waals surface area contributed by atoms with Crippen molar-refractivity contribution in [1.29, 1.82) is 0 Å². The summed E-state index contributed by atoms with van der Waals surface area (Å²) in [6.07, 6.45) is 3.73. The molecule has 21 heavy (non-hydrogen) atoms. The van der Waals surface area contributed by atoms with Crippen LogP contribution in [0.1, 0.15) is 5.56 Å². The zero-order valence-corrected chi connectivity index (χ0v) is 12.8. The van der Waals surface area contributed by atoms with Gasteiger partial charge in [0.05, 0.1) is 23.8 Å². The van der Waals surface area contributed by atoms with E-state index in [1.165, 1.54) is 5.56 Å². The molecule has 0 aliphatic heterocycles. The lowest BCUT2D eigenvalue weighted by atomic mass is 10.1. The smallest absolute Gasteiger partial charge is 0.0702 e. The minimum atomic E-state index is 0.755. The van der Waals surface area contributed by atoms with Gasteiger partial charge >= 0.3 is 0 Å². The Morgan fingerprint density at radius 2 is 1.95 bits per heavy atom. The molecule has 0 aliphatic rings. The van der Waals surface area contributed by atoms with Crippen molar-refractivity contribution in [2.24, 2.45) is 0 Å². The van der Waals surface area contributed by atoms with E-state index >= 15 is 0 Å². The predicted octanol–water partition coefficient (Wildman–Crippen LogP) is 4.40. The first-order valence-corrected chi connectivity index (χ1v) is 7.54. The minimum Gasteiger partial charge on any atom is -0.260 e. The van der Waals surface area contributed by atoms with E-state index in [1.807, 2.05) is 29.2 Å². The molecule has 0 amide bonds. The van der Waals surface area contributed by atoms with Crippen LogP contribution in [-0.2, 0) is 6.54 Å². The Morgan fingerprint density at radius 3 is 2.90 bits per heavy atom. The number of rotatable bonds is 2. The highest BCUT2D eigenvalue weighted by Gasteiger charge is 2.05. The zero-order chi connectivity index (χ0) is 14.2. The standard InChI is InChI=1S/C17H12BrN3/c18-15-5-4-14-10-20-21(17(14)9-15)11-12-3-6-16-13(8-12)2-1-7-19-16/h1-10H,11H2. The number of benzene rings is 2. The molecular formula is C17H12BrN3. The van der Waals surface area contributed by atoms with Gasteiger partial charge in [0.1, 0.15) is 0 Å². The predicted molar refractivity (Wildman–Crippen MR) is 88.3 cm³/mol. The Bertz CT molecular complexity index is 943. The van der Waals surface area contributed by atoms with Gasteiger partial charge in [-0.3, -0.25) is 9.67 Å². The van der Waals surface area contributed by atoms with Crippen molar-refractivity contribution in [3.63, 3.8) is 0 Å². The molecule has 0 unspecified atom stereocenters. The highest BCUT2D eigenvalue weighted by atomic mass is 79.9. The minimum absolute atomic E-state index is 0.755. The van der Waals surface area contributed by atoms with Gasteiger partial charge in [-0.25, -0.2) is 0 Å². The van der Waals surface area contributed by atoms with Crippen molar-refractivity contribution < 1.29 is 0 Å². The fourth-order valence-corrected chi connectivity index (χ4v) is 2.91. The summed E-state index contributed by atoms with van der Waals surface area (Å²) in [6, 6.07) is 16.6. The number of halogens is 1. The van der Waals surface area contributed by atoms with Crippen LogP contribution in [0.15, 0.2) is 65.4 Å².